The molecule has 1 amide bonds. The van der Waals surface area contributed by atoms with Gasteiger partial charge in [0.05, 0.1) is 0 Å². The Labute approximate surface area is 126 Å². The summed E-state index contributed by atoms with van der Waals surface area (Å²) in [7, 11) is 0. The van der Waals surface area contributed by atoms with Crippen molar-refractivity contribution in [1.29, 1.82) is 0 Å². The lowest BCUT2D eigenvalue weighted by atomic mass is 9.93. The van der Waals surface area contributed by atoms with E-state index < -0.39 is 0 Å². The lowest BCUT2D eigenvalue weighted by molar-refractivity contribution is -0.137. The average Bonchev–Trinajstić information content (AvgIpc) is 2.57. The maximum atomic E-state index is 12.5. The Balaban J connectivity index is 1.48. The number of carbonyl (C=O) groups excluding carboxylic acids is 1. The number of hydrogen-bond acceptors (Lipinski definition) is 3. The lowest BCUT2D eigenvalue weighted by Crippen LogP contribution is -2.50. The molecule has 1 aliphatic carbocycles. The van der Waals surface area contributed by atoms with Gasteiger partial charge in [-0.2, -0.15) is 0 Å². The smallest absolute Gasteiger partial charge is 0.226 e. The number of hydrogen-bond donors (Lipinski definition) is 0. The van der Waals surface area contributed by atoms with E-state index in [2.05, 4.69) is 33.0 Å². The van der Waals surface area contributed by atoms with E-state index in [1.165, 1.54) is 5.56 Å². The fourth-order valence-electron chi connectivity index (χ4n) is 3.15. The van der Waals surface area contributed by atoms with Crippen molar-refractivity contribution in [3.63, 3.8) is 0 Å². The van der Waals surface area contributed by atoms with Crippen LogP contribution >= 0.6 is 0 Å². The van der Waals surface area contributed by atoms with Crippen molar-refractivity contribution in [2.75, 3.05) is 26.2 Å². The van der Waals surface area contributed by atoms with Gasteiger partial charge >= 0.3 is 0 Å². The van der Waals surface area contributed by atoms with Gasteiger partial charge in [-0.15, -0.1) is 0 Å². The number of pyridine rings is 1. The Morgan fingerprint density at radius 2 is 2.10 bits per heavy atom. The van der Waals surface area contributed by atoms with Crippen LogP contribution in [-0.2, 0) is 11.3 Å². The molecule has 1 atom stereocenters. The summed E-state index contributed by atoms with van der Waals surface area (Å²) in [6.07, 6.45) is 11.1. The van der Waals surface area contributed by atoms with Gasteiger partial charge in [-0.25, -0.2) is 0 Å². The average molecular weight is 285 g/mol. The zero-order chi connectivity index (χ0) is 14.5. The molecule has 1 aliphatic heterocycles. The van der Waals surface area contributed by atoms with Gasteiger partial charge in [-0.1, -0.05) is 18.2 Å². The summed E-state index contributed by atoms with van der Waals surface area (Å²) in [4.78, 5) is 21.1. The predicted molar refractivity (Wildman–Crippen MR) is 82.6 cm³/mol. The summed E-state index contributed by atoms with van der Waals surface area (Å²) >= 11 is 0. The summed E-state index contributed by atoms with van der Waals surface area (Å²) in [5, 5.41) is 0. The summed E-state index contributed by atoms with van der Waals surface area (Å²) in [5.41, 5.74) is 1.25. The highest BCUT2D eigenvalue weighted by Crippen LogP contribution is 2.21. The van der Waals surface area contributed by atoms with Crippen molar-refractivity contribution >= 4 is 5.91 Å². The van der Waals surface area contributed by atoms with Crippen molar-refractivity contribution in [2.24, 2.45) is 5.92 Å². The third-order valence-corrected chi connectivity index (χ3v) is 4.43. The van der Waals surface area contributed by atoms with Gasteiger partial charge in [-0.3, -0.25) is 14.7 Å². The fraction of sp³-hybridized carbons (Fsp3) is 0.529. The first-order valence-corrected chi connectivity index (χ1v) is 7.88. The van der Waals surface area contributed by atoms with Crippen LogP contribution in [0.4, 0.5) is 0 Å². The third-order valence-electron chi connectivity index (χ3n) is 4.43. The minimum absolute atomic E-state index is 0.222. The van der Waals surface area contributed by atoms with E-state index in [1.807, 2.05) is 12.3 Å². The molecule has 1 aromatic rings. The normalized spacial score (nSPS) is 23.2. The predicted octanol–water partition coefficient (Wildman–Crippen LogP) is 2.08. The Kier molecular flexibility index (Phi) is 4.65. The van der Waals surface area contributed by atoms with Crippen LogP contribution in [0.5, 0.6) is 0 Å². The van der Waals surface area contributed by atoms with Gasteiger partial charge in [0.2, 0.25) is 5.91 Å². The maximum Gasteiger partial charge on any atom is 0.226 e. The second kappa shape index (κ2) is 6.85. The highest BCUT2D eigenvalue weighted by atomic mass is 16.2. The van der Waals surface area contributed by atoms with Crippen LogP contribution < -0.4 is 0 Å². The number of amides is 1. The summed E-state index contributed by atoms with van der Waals surface area (Å²) in [6, 6.07) is 4.09. The van der Waals surface area contributed by atoms with E-state index in [9.17, 15) is 4.79 Å². The van der Waals surface area contributed by atoms with Crippen LogP contribution in [-0.4, -0.2) is 46.9 Å². The minimum atomic E-state index is 0.222. The zero-order valence-corrected chi connectivity index (χ0v) is 12.4. The summed E-state index contributed by atoms with van der Waals surface area (Å²) in [6.45, 7) is 4.58. The van der Waals surface area contributed by atoms with Crippen molar-refractivity contribution in [3.05, 3.63) is 42.2 Å². The van der Waals surface area contributed by atoms with E-state index in [4.69, 9.17) is 0 Å². The van der Waals surface area contributed by atoms with Crippen LogP contribution in [0.2, 0.25) is 0 Å². The van der Waals surface area contributed by atoms with Crippen LogP contribution in [0.1, 0.15) is 24.8 Å². The molecule has 4 heteroatoms. The molecule has 21 heavy (non-hydrogen) atoms. The second-order valence-corrected chi connectivity index (χ2v) is 5.94. The van der Waals surface area contributed by atoms with Crippen LogP contribution in [0.15, 0.2) is 36.7 Å². The lowest BCUT2D eigenvalue weighted by Gasteiger charge is -2.36. The Bertz CT molecular complexity index is 492. The van der Waals surface area contributed by atoms with Gasteiger partial charge in [0, 0.05) is 51.0 Å². The Hall–Kier alpha value is -1.68. The SMILES string of the molecule is O=C(C1CC=CCC1)N1CCN(Cc2cccnc2)CC1. The molecule has 1 unspecified atom stereocenters. The first-order valence-electron chi connectivity index (χ1n) is 7.88. The number of rotatable bonds is 3. The molecular formula is C17H23N3O. The van der Waals surface area contributed by atoms with Gasteiger partial charge < -0.3 is 4.90 Å². The Morgan fingerprint density at radius 3 is 2.76 bits per heavy atom. The number of aromatic nitrogens is 1. The van der Waals surface area contributed by atoms with Crippen LogP contribution in [0, 0.1) is 5.92 Å². The van der Waals surface area contributed by atoms with Crippen LogP contribution in [0.3, 0.4) is 0 Å². The molecule has 2 heterocycles. The van der Waals surface area contributed by atoms with Gasteiger partial charge in [-0.05, 0) is 30.9 Å². The third kappa shape index (κ3) is 3.70. The highest BCUT2D eigenvalue weighted by molar-refractivity contribution is 5.79. The van der Waals surface area contributed by atoms with Crippen LogP contribution in [0.25, 0.3) is 0 Å². The molecule has 0 saturated carbocycles. The monoisotopic (exact) mass is 285 g/mol. The summed E-state index contributed by atoms with van der Waals surface area (Å²) in [5.74, 6) is 0.584. The van der Waals surface area contributed by atoms with Gasteiger partial charge in [0.1, 0.15) is 0 Å². The zero-order valence-electron chi connectivity index (χ0n) is 12.4. The van der Waals surface area contributed by atoms with Crippen molar-refractivity contribution < 1.29 is 4.79 Å². The van der Waals surface area contributed by atoms with Gasteiger partial charge in [0.15, 0.2) is 0 Å². The fourth-order valence-corrected chi connectivity index (χ4v) is 3.15. The molecule has 2 aliphatic rings. The van der Waals surface area contributed by atoms with E-state index in [-0.39, 0.29) is 5.92 Å². The maximum absolute atomic E-state index is 12.5. The Morgan fingerprint density at radius 1 is 1.24 bits per heavy atom. The van der Waals surface area contributed by atoms with E-state index in [0.29, 0.717) is 5.91 Å². The topological polar surface area (TPSA) is 36.4 Å². The van der Waals surface area contributed by atoms with Crippen molar-refractivity contribution in [3.8, 4) is 0 Å². The quantitative estimate of drug-likeness (QED) is 0.798. The highest BCUT2D eigenvalue weighted by Gasteiger charge is 2.27. The molecule has 112 valence electrons. The molecule has 0 bridgehead atoms. The molecule has 0 aromatic carbocycles. The van der Waals surface area contributed by atoms with E-state index >= 15 is 0 Å². The summed E-state index contributed by atoms with van der Waals surface area (Å²) < 4.78 is 0. The van der Waals surface area contributed by atoms with E-state index in [0.717, 1.165) is 52.0 Å². The minimum Gasteiger partial charge on any atom is -0.340 e. The molecule has 0 spiro atoms. The molecule has 1 saturated heterocycles. The number of nitrogens with zero attached hydrogens (tertiary/aromatic N) is 3. The molecule has 4 nitrogen and oxygen atoms in total. The van der Waals surface area contributed by atoms with E-state index in [1.54, 1.807) is 6.20 Å². The molecule has 3 rings (SSSR count). The molecule has 0 N–H and O–H groups in total. The number of carbonyl (C=O) groups is 1. The first-order chi connectivity index (χ1) is 10.3. The molecule has 0 radical (unpaired) electrons. The molecular weight excluding hydrogens is 262 g/mol. The van der Waals surface area contributed by atoms with Crippen molar-refractivity contribution in [1.82, 2.24) is 14.8 Å². The van der Waals surface area contributed by atoms with Crippen molar-refractivity contribution in [2.45, 2.75) is 25.8 Å². The first kappa shape index (κ1) is 14.3. The molecule has 1 aromatic heterocycles. The standard InChI is InChI=1S/C17H23N3O/c21-17(16-6-2-1-3-7-16)20-11-9-19(10-12-20)14-15-5-4-8-18-13-15/h1-2,4-5,8,13,16H,3,6-7,9-12,14H2. The number of piperazine rings is 1. The number of allylic oxidation sites excluding steroid dienone is 2. The molecule has 1 fully saturated rings. The van der Waals surface area contributed by atoms with Gasteiger partial charge in [0.25, 0.3) is 0 Å². The second-order valence-electron chi connectivity index (χ2n) is 5.94. The largest absolute Gasteiger partial charge is 0.340 e.